The predicted molar refractivity (Wildman–Crippen MR) is 107 cm³/mol. The summed E-state index contributed by atoms with van der Waals surface area (Å²) in [5, 5.41) is 0. The van der Waals surface area contributed by atoms with Crippen molar-refractivity contribution in [2.45, 2.75) is 32.0 Å². The van der Waals surface area contributed by atoms with Crippen LogP contribution in [0.1, 0.15) is 24.0 Å². The number of nitrogens with zero attached hydrogens (tertiary/aromatic N) is 4. The summed E-state index contributed by atoms with van der Waals surface area (Å²) in [6.45, 7) is 5.77. The molecule has 3 saturated heterocycles. The van der Waals surface area contributed by atoms with Crippen LogP contribution in [0.15, 0.2) is 48.7 Å². The van der Waals surface area contributed by atoms with E-state index in [2.05, 4.69) is 68.3 Å². The third kappa shape index (κ3) is 4.08. The van der Waals surface area contributed by atoms with Gasteiger partial charge in [0, 0.05) is 59.1 Å². The lowest BCUT2D eigenvalue weighted by atomic mass is 9.94. The van der Waals surface area contributed by atoms with Crippen LogP contribution in [0.5, 0.6) is 0 Å². The highest BCUT2D eigenvalue weighted by Crippen LogP contribution is 2.30. The normalized spacial score (nSPS) is 23.8. The highest BCUT2D eigenvalue weighted by molar-refractivity contribution is 5.37. The average molecular weight is 351 g/mol. The summed E-state index contributed by atoms with van der Waals surface area (Å²) in [7, 11) is 4.08. The van der Waals surface area contributed by atoms with Crippen molar-refractivity contribution in [3.05, 3.63) is 59.8 Å². The van der Waals surface area contributed by atoms with Gasteiger partial charge in [-0.05, 0) is 36.0 Å². The summed E-state index contributed by atoms with van der Waals surface area (Å²) in [6.07, 6.45) is 4.76. The van der Waals surface area contributed by atoms with Crippen molar-refractivity contribution in [1.29, 1.82) is 0 Å². The van der Waals surface area contributed by atoms with Gasteiger partial charge in [0.15, 0.2) is 0 Å². The lowest BCUT2D eigenvalue weighted by molar-refractivity contribution is 0.123. The number of aromatic nitrogens is 1. The van der Waals surface area contributed by atoms with E-state index in [1.165, 1.54) is 43.6 Å². The van der Waals surface area contributed by atoms with E-state index in [9.17, 15) is 0 Å². The second-order valence-electron chi connectivity index (χ2n) is 8.13. The van der Waals surface area contributed by atoms with Gasteiger partial charge in [-0.25, -0.2) is 4.98 Å². The molecule has 26 heavy (non-hydrogen) atoms. The van der Waals surface area contributed by atoms with Crippen LogP contribution >= 0.6 is 0 Å². The summed E-state index contributed by atoms with van der Waals surface area (Å²) in [5.41, 5.74) is 2.77. The summed E-state index contributed by atoms with van der Waals surface area (Å²) >= 11 is 0. The van der Waals surface area contributed by atoms with E-state index < -0.39 is 0 Å². The highest BCUT2D eigenvalue weighted by atomic mass is 15.3. The van der Waals surface area contributed by atoms with Gasteiger partial charge in [0.05, 0.1) is 0 Å². The molecule has 0 radical (unpaired) electrons. The van der Waals surface area contributed by atoms with Crippen molar-refractivity contribution in [2.75, 3.05) is 38.6 Å². The number of hydrogen-bond donors (Lipinski definition) is 0. The number of benzene rings is 1. The number of pyridine rings is 1. The molecule has 4 heterocycles. The summed E-state index contributed by atoms with van der Waals surface area (Å²) in [6, 6.07) is 16.0. The molecule has 3 aliphatic heterocycles. The van der Waals surface area contributed by atoms with E-state index in [0.29, 0.717) is 6.04 Å². The zero-order chi connectivity index (χ0) is 17.9. The minimum atomic E-state index is 0.672. The molecule has 4 nitrogen and oxygen atoms in total. The van der Waals surface area contributed by atoms with Crippen molar-refractivity contribution < 1.29 is 0 Å². The summed E-state index contributed by atoms with van der Waals surface area (Å²) < 4.78 is 0. The Balaban J connectivity index is 1.41. The Hall–Kier alpha value is -1.91. The first-order valence-electron chi connectivity index (χ1n) is 9.80. The fourth-order valence-corrected chi connectivity index (χ4v) is 4.45. The zero-order valence-electron chi connectivity index (χ0n) is 16.0. The second-order valence-corrected chi connectivity index (χ2v) is 8.13. The molecule has 0 aliphatic carbocycles. The van der Waals surface area contributed by atoms with E-state index >= 15 is 0 Å². The standard InChI is InChI=1S/C22H30N4/c1-24(2)22-11-9-19(12-23-22)15-26-16-20-8-10-21(26)17-25(14-20)13-18-6-4-3-5-7-18/h3-7,9,11-12,20-21H,8,10,13-17H2,1-2H3/t20-,21+/m0/s1. The average Bonchev–Trinajstić information content (AvgIpc) is 2.93. The first-order chi connectivity index (χ1) is 12.7. The lowest BCUT2D eigenvalue weighted by Crippen LogP contribution is -2.43. The minimum Gasteiger partial charge on any atom is -0.363 e. The maximum atomic E-state index is 4.59. The maximum Gasteiger partial charge on any atom is 0.127 e. The molecule has 0 N–H and O–H groups in total. The minimum absolute atomic E-state index is 0.672. The first kappa shape index (κ1) is 17.5. The fourth-order valence-electron chi connectivity index (χ4n) is 4.45. The van der Waals surface area contributed by atoms with Gasteiger partial charge in [-0.2, -0.15) is 0 Å². The number of piperidine rings is 1. The Bertz CT molecular complexity index is 698. The summed E-state index contributed by atoms with van der Waals surface area (Å²) in [4.78, 5) is 12.0. The van der Waals surface area contributed by atoms with Crippen LogP contribution in [-0.4, -0.2) is 54.6 Å². The van der Waals surface area contributed by atoms with Crippen molar-refractivity contribution in [3.8, 4) is 0 Å². The third-order valence-corrected chi connectivity index (χ3v) is 5.80. The van der Waals surface area contributed by atoms with E-state index in [0.717, 1.165) is 24.8 Å². The Labute approximate surface area is 157 Å². The SMILES string of the molecule is CN(C)c1ccc(CN2C[C@H]3CC[C@@H]2CN(Cc2ccccc2)C3)cn1. The van der Waals surface area contributed by atoms with Crippen LogP contribution in [-0.2, 0) is 13.1 Å². The molecule has 1 aromatic heterocycles. The van der Waals surface area contributed by atoms with Gasteiger partial charge in [-0.3, -0.25) is 9.80 Å². The zero-order valence-corrected chi connectivity index (χ0v) is 16.0. The molecule has 138 valence electrons. The number of rotatable bonds is 5. The van der Waals surface area contributed by atoms with Gasteiger partial charge in [0.1, 0.15) is 5.82 Å². The number of fused-ring (bicyclic) bond motifs is 4. The monoisotopic (exact) mass is 350 g/mol. The molecular weight excluding hydrogens is 320 g/mol. The van der Waals surface area contributed by atoms with Crippen LogP contribution < -0.4 is 4.90 Å². The topological polar surface area (TPSA) is 22.6 Å². The van der Waals surface area contributed by atoms with Gasteiger partial charge in [-0.15, -0.1) is 0 Å². The summed E-state index contributed by atoms with van der Waals surface area (Å²) in [5.74, 6) is 1.83. The molecule has 3 fully saturated rings. The first-order valence-corrected chi connectivity index (χ1v) is 9.80. The van der Waals surface area contributed by atoms with E-state index in [1.807, 2.05) is 14.1 Å². The van der Waals surface area contributed by atoms with Crippen LogP contribution in [0.4, 0.5) is 5.82 Å². The second kappa shape index (κ2) is 7.77. The van der Waals surface area contributed by atoms with Crippen LogP contribution in [0.3, 0.4) is 0 Å². The molecule has 2 aromatic rings. The van der Waals surface area contributed by atoms with Crippen molar-refractivity contribution in [2.24, 2.45) is 5.92 Å². The van der Waals surface area contributed by atoms with E-state index in [-0.39, 0.29) is 0 Å². The Morgan fingerprint density at radius 1 is 0.923 bits per heavy atom. The van der Waals surface area contributed by atoms with Gasteiger partial charge < -0.3 is 4.90 Å². The molecule has 2 atom stereocenters. The number of anilines is 1. The fraction of sp³-hybridized carbons (Fsp3) is 0.500. The van der Waals surface area contributed by atoms with Gasteiger partial charge in [0.2, 0.25) is 0 Å². The van der Waals surface area contributed by atoms with Crippen molar-refractivity contribution in [3.63, 3.8) is 0 Å². The quantitative estimate of drug-likeness (QED) is 0.826. The maximum absolute atomic E-state index is 4.59. The van der Waals surface area contributed by atoms with Crippen LogP contribution in [0, 0.1) is 5.92 Å². The van der Waals surface area contributed by atoms with Crippen molar-refractivity contribution in [1.82, 2.24) is 14.8 Å². The van der Waals surface area contributed by atoms with E-state index in [4.69, 9.17) is 0 Å². The smallest absolute Gasteiger partial charge is 0.127 e. The van der Waals surface area contributed by atoms with Gasteiger partial charge in [0.25, 0.3) is 0 Å². The predicted octanol–water partition coefficient (Wildman–Crippen LogP) is 3.24. The van der Waals surface area contributed by atoms with Crippen molar-refractivity contribution >= 4 is 5.82 Å². The third-order valence-electron chi connectivity index (χ3n) is 5.80. The molecule has 2 bridgehead atoms. The Morgan fingerprint density at radius 3 is 2.50 bits per heavy atom. The molecule has 1 aromatic carbocycles. The molecule has 0 spiro atoms. The molecule has 0 saturated carbocycles. The molecule has 0 unspecified atom stereocenters. The van der Waals surface area contributed by atoms with Crippen LogP contribution in [0.25, 0.3) is 0 Å². The Morgan fingerprint density at radius 2 is 1.77 bits per heavy atom. The largest absolute Gasteiger partial charge is 0.363 e. The van der Waals surface area contributed by atoms with Crippen LogP contribution in [0.2, 0.25) is 0 Å². The molecule has 0 amide bonds. The molecular formula is C22H30N4. The molecule has 3 aliphatic rings. The number of hydrogen-bond acceptors (Lipinski definition) is 4. The van der Waals surface area contributed by atoms with Gasteiger partial charge >= 0.3 is 0 Å². The Kier molecular flexibility index (Phi) is 5.23. The molecule has 5 rings (SSSR count). The highest BCUT2D eigenvalue weighted by Gasteiger charge is 2.34. The lowest BCUT2D eigenvalue weighted by Gasteiger charge is -2.36. The molecule has 4 heteroatoms. The van der Waals surface area contributed by atoms with E-state index in [1.54, 1.807) is 0 Å². The van der Waals surface area contributed by atoms with Gasteiger partial charge in [-0.1, -0.05) is 36.4 Å².